The van der Waals surface area contributed by atoms with E-state index < -0.39 is 0 Å². The summed E-state index contributed by atoms with van der Waals surface area (Å²) in [5.74, 6) is 0. The fraction of sp³-hybridized carbons (Fsp3) is 0.176. The molecule has 0 saturated heterocycles. The standard InChI is InChI=1S/C17H18N4/c1-2-9-20-16(3-1)8-10-18-13-15-4-6-17(7-5-15)21-12-11-19-14-21/h1-7,9,11-12,14,18H,8,10,13H2. The van der Waals surface area contributed by atoms with Gasteiger partial charge in [-0.05, 0) is 29.8 Å². The number of rotatable bonds is 6. The van der Waals surface area contributed by atoms with Gasteiger partial charge in [-0.2, -0.15) is 0 Å². The Kier molecular flexibility index (Phi) is 4.39. The highest BCUT2D eigenvalue weighted by Crippen LogP contribution is 2.09. The zero-order valence-electron chi connectivity index (χ0n) is 11.8. The van der Waals surface area contributed by atoms with Gasteiger partial charge in [0.25, 0.3) is 0 Å². The van der Waals surface area contributed by atoms with Gasteiger partial charge in [-0.25, -0.2) is 4.98 Å². The molecule has 0 amide bonds. The van der Waals surface area contributed by atoms with Crippen molar-refractivity contribution >= 4 is 0 Å². The molecule has 0 saturated carbocycles. The van der Waals surface area contributed by atoms with E-state index in [1.54, 1.807) is 12.5 Å². The Morgan fingerprint density at radius 2 is 1.90 bits per heavy atom. The van der Waals surface area contributed by atoms with E-state index in [1.807, 2.05) is 29.1 Å². The zero-order chi connectivity index (χ0) is 14.3. The maximum Gasteiger partial charge on any atom is 0.0991 e. The Bertz CT molecular complexity index is 645. The number of benzene rings is 1. The maximum absolute atomic E-state index is 4.31. The molecule has 2 heterocycles. The summed E-state index contributed by atoms with van der Waals surface area (Å²) in [6, 6.07) is 14.5. The van der Waals surface area contributed by atoms with Crippen LogP contribution in [-0.2, 0) is 13.0 Å². The second-order valence-electron chi connectivity index (χ2n) is 4.88. The average molecular weight is 278 g/mol. The predicted octanol–water partition coefficient (Wildman–Crippen LogP) is 2.60. The molecule has 0 bridgehead atoms. The van der Waals surface area contributed by atoms with Crippen LogP contribution in [0, 0.1) is 0 Å². The molecule has 21 heavy (non-hydrogen) atoms. The molecule has 0 spiro atoms. The van der Waals surface area contributed by atoms with Crippen LogP contribution in [0.4, 0.5) is 0 Å². The molecule has 0 aliphatic heterocycles. The lowest BCUT2D eigenvalue weighted by atomic mass is 10.2. The largest absolute Gasteiger partial charge is 0.312 e. The minimum absolute atomic E-state index is 0.872. The molecule has 4 heteroatoms. The molecule has 0 radical (unpaired) electrons. The van der Waals surface area contributed by atoms with E-state index in [1.165, 1.54) is 5.56 Å². The van der Waals surface area contributed by atoms with Crippen molar-refractivity contribution in [3.8, 4) is 5.69 Å². The summed E-state index contributed by atoms with van der Waals surface area (Å²) in [4.78, 5) is 8.37. The van der Waals surface area contributed by atoms with Gasteiger partial charge in [0, 0.05) is 49.5 Å². The highest BCUT2D eigenvalue weighted by molar-refractivity contribution is 5.34. The molecule has 0 atom stereocenters. The van der Waals surface area contributed by atoms with E-state index in [0.29, 0.717) is 0 Å². The normalized spacial score (nSPS) is 10.7. The average Bonchev–Trinajstić information content (AvgIpc) is 3.08. The second-order valence-corrected chi connectivity index (χ2v) is 4.88. The van der Waals surface area contributed by atoms with Crippen LogP contribution in [0.1, 0.15) is 11.3 Å². The molecular weight excluding hydrogens is 260 g/mol. The summed E-state index contributed by atoms with van der Waals surface area (Å²) in [6.07, 6.45) is 8.32. The molecule has 0 unspecified atom stereocenters. The Morgan fingerprint density at radius 1 is 1.00 bits per heavy atom. The molecule has 0 aliphatic carbocycles. The number of aromatic nitrogens is 3. The molecular formula is C17H18N4. The van der Waals surface area contributed by atoms with Gasteiger partial charge >= 0.3 is 0 Å². The van der Waals surface area contributed by atoms with Crippen LogP contribution in [0.15, 0.2) is 67.4 Å². The lowest BCUT2D eigenvalue weighted by Crippen LogP contribution is -2.17. The first-order valence-electron chi connectivity index (χ1n) is 7.10. The molecule has 106 valence electrons. The molecule has 4 nitrogen and oxygen atoms in total. The molecule has 3 aromatic rings. The minimum atomic E-state index is 0.872. The molecule has 2 aromatic heterocycles. The first-order valence-corrected chi connectivity index (χ1v) is 7.10. The van der Waals surface area contributed by atoms with Gasteiger partial charge in [-0.3, -0.25) is 4.98 Å². The Morgan fingerprint density at radius 3 is 2.62 bits per heavy atom. The van der Waals surface area contributed by atoms with Gasteiger partial charge in [-0.15, -0.1) is 0 Å². The predicted molar refractivity (Wildman–Crippen MR) is 83.2 cm³/mol. The number of imidazole rings is 1. The van der Waals surface area contributed by atoms with Gasteiger partial charge in [-0.1, -0.05) is 18.2 Å². The van der Waals surface area contributed by atoms with Crippen molar-refractivity contribution < 1.29 is 0 Å². The number of hydrogen-bond donors (Lipinski definition) is 1. The molecule has 1 N–H and O–H groups in total. The van der Waals surface area contributed by atoms with Crippen LogP contribution in [-0.4, -0.2) is 21.1 Å². The Hall–Kier alpha value is -2.46. The van der Waals surface area contributed by atoms with E-state index >= 15 is 0 Å². The fourth-order valence-corrected chi connectivity index (χ4v) is 2.19. The van der Waals surface area contributed by atoms with Gasteiger partial charge < -0.3 is 9.88 Å². The number of hydrogen-bond acceptors (Lipinski definition) is 3. The topological polar surface area (TPSA) is 42.7 Å². The Balaban J connectivity index is 1.47. The fourth-order valence-electron chi connectivity index (χ4n) is 2.19. The van der Waals surface area contributed by atoms with Crippen LogP contribution in [0.25, 0.3) is 5.69 Å². The van der Waals surface area contributed by atoms with Crippen molar-refractivity contribution in [2.45, 2.75) is 13.0 Å². The van der Waals surface area contributed by atoms with Crippen LogP contribution in [0.5, 0.6) is 0 Å². The van der Waals surface area contributed by atoms with Crippen LogP contribution >= 0.6 is 0 Å². The van der Waals surface area contributed by atoms with Crippen molar-refractivity contribution in [1.82, 2.24) is 19.9 Å². The van der Waals surface area contributed by atoms with Crippen LogP contribution < -0.4 is 5.32 Å². The third-order valence-corrected chi connectivity index (χ3v) is 3.35. The number of nitrogens with one attached hydrogen (secondary N) is 1. The summed E-state index contributed by atoms with van der Waals surface area (Å²) in [5, 5.41) is 3.45. The summed E-state index contributed by atoms with van der Waals surface area (Å²) in [7, 11) is 0. The highest BCUT2D eigenvalue weighted by atomic mass is 15.0. The SMILES string of the molecule is c1ccc(CCNCc2ccc(-n3ccnc3)cc2)nc1. The van der Waals surface area contributed by atoms with E-state index in [4.69, 9.17) is 0 Å². The summed E-state index contributed by atoms with van der Waals surface area (Å²) < 4.78 is 2.00. The van der Waals surface area contributed by atoms with Gasteiger partial charge in [0.05, 0.1) is 6.33 Å². The smallest absolute Gasteiger partial charge is 0.0991 e. The molecule has 3 rings (SSSR count). The summed E-state index contributed by atoms with van der Waals surface area (Å²) in [5.41, 5.74) is 3.53. The van der Waals surface area contributed by atoms with Crippen molar-refractivity contribution in [1.29, 1.82) is 0 Å². The van der Waals surface area contributed by atoms with Gasteiger partial charge in [0.15, 0.2) is 0 Å². The van der Waals surface area contributed by atoms with E-state index in [2.05, 4.69) is 45.6 Å². The highest BCUT2D eigenvalue weighted by Gasteiger charge is 1.97. The van der Waals surface area contributed by atoms with Gasteiger partial charge in [0.2, 0.25) is 0 Å². The van der Waals surface area contributed by atoms with E-state index in [-0.39, 0.29) is 0 Å². The van der Waals surface area contributed by atoms with Gasteiger partial charge in [0.1, 0.15) is 0 Å². The molecule has 0 aliphatic rings. The monoisotopic (exact) mass is 278 g/mol. The first kappa shape index (κ1) is 13.5. The number of nitrogens with zero attached hydrogens (tertiary/aromatic N) is 3. The second kappa shape index (κ2) is 6.81. The van der Waals surface area contributed by atoms with Crippen LogP contribution in [0.2, 0.25) is 0 Å². The zero-order valence-corrected chi connectivity index (χ0v) is 11.8. The quantitative estimate of drug-likeness (QED) is 0.705. The van der Waals surface area contributed by atoms with Crippen molar-refractivity contribution in [2.75, 3.05) is 6.54 Å². The third kappa shape index (κ3) is 3.77. The summed E-state index contributed by atoms with van der Waals surface area (Å²) in [6.45, 7) is 1.80. The van der Waals surface area contributed by atoms with Crippen LogP contribution in [0.3, 0.4) is 0 Å². The van der Waals surface area contributed by atoms with Crippen molar-refractivity contribution in [2.24, 2.45) is 0 Å². The van der Waals surface area contributed by atoms with E-state index in [0.717, 1.165) is 30.9 Å². The molecule has 0 fully saturated rings. The van der Waals surface area contributed by atoms with Crippen molar-refractivity contribution in [3.63, 3.8) is 0 Å². The number of pyridine rings is 1. The lowest BCUT2D eigenvalue weighted by molar-refractivity contribution is 0.680. The summed E-state index contributed by atoms with van der Waals surface area (Å²) >= 11 is 0. The third-order valence-electron chi connectivity index (χ3n) is 3.35. The first-order chi connectivity index (χ1) is 10.4. The lowest BCUT2D eigenvalue weighted by Gasteiger charge is -2.06. The Labute approximate surface area is 124 Å². The van der Waals surface area contributed by atoms with E-state index in [9.17, 15) is 0 Å². The molecule has 1 aromatic carbocycles. The maximum atomic E-state index is 4.31. The minimum Gasteiger partial charge on any atom is -0.312 e. The van der Waals surface area contributed by atoms with Crippen molar-refractivity contribution in [3.05, 3.63) is 78.6 Å².